The van der Waals surface area contributed by atoms with E-state index in [2.05, 4.69) is 39.9 Å². The normalized spacial score (nSPS) is 10.9. The van der Waals surface area contributed by atoms with Crippen LogP contribution < -0.4 is 4.74 Å². The molecule has 5 nitrogen and oxygen atoms in total. The molecule has 6 heteroatoms. The maximum atomic E-state index is 5.57. The minimum Gasteiger partial charge on any atom is -0.494 e. The number of ether oxygens (including phenoxy) is 2. The third kappa shape index (κ3) is 4.90. The third-order valence-corrected chi connectivity index (χ3v) is 4.87. The van der Waals surface area contributed by atoms with Gasteiger partial charge in [0, 0.05) is 23.6 Å². The quantitative estimate of drug-likeness (QED) is 0.393. The summed E-state index contributed by atoms with van der Waals surface area (Å²) < 4.78 is 13.1. The van der Waals surface area contributed by atoms with Gasteiger partial charge in [-0.15, -0.1) is 10.2 Å². The van der Waals surface area contributed by atoms with Gasteiger partial charge in [0.1, 0.15) is 5.75 Å². The predicted octanol–water partition coefficient (Wildman–Crippen LogP) is 4.77. The van der Waals surface area contributed by atoms with Crippen molar-refractivity contribution in [3.05, 3.63) is 54.1 Å². The van der Waals surface area contributed by atoms with Crippen LogP contribution in [-0.2, 0) is 4.74 Å². The molecule has 0 bridgehead atoms. The molecule has 142 valence electrons. The van der Waals surface area contributed by atoms with Crippen LogP contribution in [0.2, 0.25) is 0 Å². The van der Waals surface area contributed by atoms with Crippen LogP contribution in [0.15, 0.2) is 53.7 Å². The van der Waals surface area contributed by atoms with Gasteiger partial charge in [-0.2, -0.15) is 0 Å². The molecule has 0 atom stereocenters. The molecule has 2 aromatic carbocycles. The highest BCUT2D eigenvalue weighted by Crippen LogP contribution is 2.29. The highest BCUT2D eigenvalue weighted by Gasteiger charge is 2.16. The number of rotatable bonds is 9. The lowest BCUT2D eigenvalue weighted by molar-refractivity contribution is 0.164. The second kappa shape index (κ2) is 9.58. The SMILES string of the molecule is CCOCCSc1nnc(-c2cccc(C)c2)n1-c1ccc(OCC)cc1. The Morgan fingerprint density at radius 1 is 1.00 bits per heavy atom. The Balaban J connectivity index is 1.97. The molecule has 0 N–H and O–H groups in total. The lowest BCUT2D eigenvalue weighted by atomic mass is 10.1. The van der Waals surface area contributed by atoms with Crippen molar-refractivity contribution in [2.45, 2.75) is 25.9 Å². The highest BCUT2D eigenvalue weighted by molar-refractivity contribution is 7.99. The molecule has 0 saturated carbocycles. The molecule has 0 aliphatic carbocycles. The highest BCUT2D eigenvalue weighted by atomic mass is 32.2. The van der Waals surface area contributed by atoms with Gasteiger partial charge in [0.2, 0.25) is 0 Å². The van der Waals surface area contributed by atoms with E-state index in [0.29, 0.717) is 13.2 Å². The maximum Gasteiger partial charge on any atom is 0.196 e. The van der Waals surface area contributed by atoms with Crippen LogP contribution in [0.1, 0.15) is 19.4 Å². The number of thioether (sulfide) groups is 1. The first kappa shape index (κ1) is 19.5. The van der Waals surface area contributed by atoms with Crippen LogP contribution in [-0.4, -0.2) is 40.3 Å². The minimum absolute atomic E-state index is 0.652. The van der Waals surface area contributed by atoms with Crippen LogP contribution in [0.25, 0.3) is 17.1 Å². The topological polar surface area (TPSA) is 49.2 Å². The zero-order chi connectivity index (χ0) is 19.1. The third-order valence-electron chi connectivity index (χ3n) is 3.98. The maximum absolute atomic E-state index is 5.57. The molecule has 0 aliphatic heterocycles. The molecule has 0 amide bonds. The summed E-state index contributed by atoms with van der Waals surface area (Å²) in [6.45, 7) is 8.13. The van der Waals surface area contributed by atoms with E-state index in [1.54, 1.807) is 11.8 Å². The van der Waals surface area contributed by atoms with Crippen molar-refractivity contribution in [3.8, 4) is 22.8 Å². The number of aromatic nitrogens is 3. The number of nitrogens with zero attached hydrogens (tertiary/aromatic N) is 3. The average molecular weight is 384 g/mol. The Kier molecular flexibility index (Phi) is 6.90. The Bertz CT molecular complexity index is 862. The Morgan fingerprint density at radius 2 is 1.81 bits per heavy atom. The van der Waals surface area contributed by atoms with E-state index in [1.807, 2.05) is 44.2 Å². The number of benzene rings is 2. The molecule has 1 heterocycles. The van der Waals surface area contributed by atoms with Gasteiger partial charge in [-0.05, 0) is 51.1 Å². The number of hydrogen-bond acceptors (Lipinski definition) is 5. The van der Waals surface area contributed by atoms with Crippen LogP contribution in [0, 0.1) is 6.92 Å². The molecule has 0 fully saturated rings. The van der Waals surface area contributed by atoms with E-state index in [4.69, 9.17) is 9.47 Å². The van der Waals surface area contributed by atoms with Gasteiger partial charge in [-0.1, -0.05) is 35.5 Å². The Labute approximate surface area is 164 Å². The Morgan fingerprint density at radius 3 is 2.52 bits per heavy atom. The first-order valence-corrected chi connectivity index (χ1v) is 10.2. The van der Waals surface area contributed by atoms with Crippen molar-refractivity contribution in [3.63, 3.8) is 0 Å². The van der Waals surface area contributed by atoms with Crippen LogP contribution in [0.3, 0.4) is 0 Å². The summed E-state index contributed by atoms with van der Waals surface area (Å²) in [6, 6.07) is 16.4. The van der Waals surface area contributed by atoms with Crippen LogP contribution in [0.4, 0.5) is 0 Å². The monoisotopic (exact) mass is 383 g/mol. The van der Waals surface area contributed by atoms with Crippen molar-refractivity contribution >= 4 is 11.8 Å². The second-order valence-corrected chi connectivity index (χ2v) is 7.05. The number of aryl methyl sites for hydroxylation is 1. The van der Waals surface area contributed by atoms with Crippen molar-refractivity contribution < 1.29 is 9.47 Å². The molecule has 3 aromatic rings. The Hall–Kier alpha value is -2.31. The van der Waals surface area contributed by atoms with E-state index in [9.17, 15) is 0 Å². The lowest BCUT2D eigenvalue weighted by Crippen LogP contribution is -2.02. The van der Waals surface area contributed by atoms with Gasteiger partial charge < -0.3 is 9.47 Å². The molecule has 0 spiro atoms. The molecule has 0 unspecified atom stereocenters. The summed E-state index contributed by atoms with van der Waals surface area (Å²) in [7, 11) is 0. The standard InChI is InChI=1S/C21H25N3O2S/c1-4-25-13-14-27-21-23-22-20(17-8-6-7-16(3)15-17)24(21)18-9-11-19(12-10-18)26-5-2/h6-12,15H,4-5,13-14H2,1-3H3. The second-order valence-electron chi connectivity index (χ2n) is 5.98. The summed E-state index contributed by atoms with van der Waals surface area (Å²) in [6.07, 6.45) is 0. The zero-order valence-electron chi connectivity index (χ0n) is 16.0. The van der Waals surface area contributed by atoms with Crippen molar-refractivity contribution in [1.82, 2.24) is 14.8 Å². The summed E-state index contributed by atoms with van der Waals surface area (Å²) in [5, 5.41) is 9.78. The fraction of sp³-hybridized carbons (Fsp3) is 0.333. The first-order valence-electron chi connectivity index (χ1n) is 9.19. The van der Waals surface area contributed by atoms with Crippen molar-refractivity contribution in [1.29, 1.82) is 0 Å². The smallest absolute Gasteiger partial charge is 0.196 e. The summed E-state index contributed by atoms with van der Waals surface area (Å²) >= 11 is 1.65. The molecule has 27 heavy (non-hydrogen) atoms. The fourth-order valence-corrected chi connectivity index (χ4v) is 3.56. The van der Waals surface area contributed by atoms with E-state index >= 15 is 0 Å². The van der Waals surface area contributed by atoms with Gasteiger partial charge >= 0.3 is 0 Å². The molecular weight excluding hydrogens is 358 g/mol. The summed E-state index contributed by atoms with van der Waals surface area (Å²) in [5.74, 6) is 2.52. The minimum atomic E-state index is 0.652. The van der Waals surface area contributed by atoms with Crippen LogP contribution in [0.5, 0.6) is 5.75 Å². The molecule has 0 aliphatic rings. The van der Waals surface area contributed by atoms with E-state index in [-0.39, 0.29) is 0 Å². The van der Waals surface area contributed by atoms with Gasteiger partial charge in [-0.25, -0.2) is 0 Å². The molecule has 3 rings (SSSR count). The summed E-state index contributed by atoms with van der Waals surface area (Å²) in [5.41, 5.74) is 3.26. The average Bonchev–Trinajstić information content (AvgIpc) is 3.10. The summed E-state index contributed by atoms with van der Waals surface area (Å²) in [4.78, 5) is 0. The molecule has 1 aromatic heterocycles. The molecular formula is C21H25N3O2S. The van der Waals surface area contributed by atoms with Crippen molar-refractivity contribution in [2.75, 3.05) is 25.6 Å². The van der Waals surface area contributed by atoms with Gasteiger partial charge in [0.15, 0.2) is 11.0 Å². The van der Waals surface area contributed by atoms with E-state index < -0.39 is 0 Å². The lowest BCUT2D eigenvalue weighted by Gasteiger charge is -2.12. The van der Waals surface area contributed by atoms with Gasteiger partial charge in [-0.3, -0.25) is 4.57 Å². The van der Waals surface area contributed by atoms with Gasteiger partial charge in [0.05, 0.1) is 13.2 Å². The van der Waals surface area contributed by atoms with Crippen molar-refractivity contribution in [2.24, 2.45) is 0 Å². The van der Waals surface area contributed by atoms with Crippen LogP contribution >= 0.6 is 11.8 Å². The first-order chi connectivity index (χ1) is 13.2. The number of hydrogen-bond donors (Lipinski definition) is 0. The van der Waals surface area contributed by atoms with Gasteiger partial charge in [0.25, 0.3) is 0 Å². The molecule has 0 radical (unpaired) electrons. The largest absolute Gasteiger partial charge is 0.494 e. The van der Waals surface area contributed by atoms with E-state index in [0.717, 1.165) is 40.3 Å². The fourth-order valence-electron chi connectivity index (χ4n) is 2.76. The van der Waals surface area contributed by atoms with E-state index in [1.165, 1.54) is 5.56 Å². The zero-order valence-corrected chi connectivity index (χ0v) is 16.8. The predicted molar refractivity (Wildman–Crippen MR) is 110 cm³/mol. The molecule has 0 saturated heterocycles.